The molecule has 6 heteroatoms. The molecule has 0 aromatic heterocycles. The summed E-state index contributed by atoms with van der Waals surface area (Å²) in [4.78, 5) is 14.6. The Labute approximate surface area is 134 Å². The van der Waals surface area contributed by atoms with Crippen LogP contribution < -0.4 is 5.73 Å². The van der Waals surface area contributed by atoms with E-state index in [1.807, 2.05) is 4.90 Å². The first-order valence-electron chi connectivity index (χ1n) is 7.69. The Bertz CT molecular complexity index is 290. The summed E-state index contributed by atoms with van der Waals surface area (Å²) in [6.45, 7) is 8.12. The molecule has 1 amide bonds. The summed E-state index contributed by atoms with van der Waals surface area (Å²) in [6, 6.07) is 0. The van der Waals surface area contributed by atoms with Crippen LogP contribution in [0, 0.1) is 11.3 Å². The highest BCUT2D eigenvalue weighted by Gasteiger charge is 2.39. The lowest BCUT2D eigenvalue weighted by Crippen LogP contribution is -2.46. The minimum atomic E-state index is -0.369. The van der Waals surface area contributed by atoms with Gasteiger partial charge in [0.1, 0.15) is 0 Å². The topological polar surface area (TPSA) is 64.8 Å². The number of hydrogen-bond donors (Lipinski definition) is 1. The van der Waals surface area contributed by atoms with E-state index in [9.17, 15) is 4.79 Å². The van der Waals surface area contributed by atoms with Gasteiger partial charge >= 0.3 is 0 Å². The van der Waals surface area contributed by atoms with Gasteiger partial charge in [0.2, 0.25) is 5.91 Å². The fourth-order valence-corrected chi connectivity index (χ4v) is 2.81. The summed E-state index contributed by atoms with van der Waals surface area (Å²) in [6.07, 6.45) is 2.64. The van der Waals surface area contributed by atoms with Crippen LogP contribution in [0.4, 0.5) is 0 Å². The number of nitrogens with zero attached hydrogens (tertiary/aromatic N) is 1. The van der Waals surface area contributed by atoms with E-state index in [4.69, 9.17) is 15.2 Å². The van der Waals surface area contributed by atoms with Crippen molar-refractivity contribution in [3.63, 3.8) is 0 Å². The van der Waals surface area contributed by atoms with Crippen LogP contribution in [-0.4, -0.2) is 57.4 Å². The monoisotopic (exact) mass is 322 g/mol. The number of ether oxygens (including phenoxy) is 2. The van der Waals surface area contributed by atoms with E-state index < -0.39 is 0 Å². The van der Waals surface area contributed by atoms with Gasteiger partial charge in [0, 0.05) is 32.7 Å². The van der Waals surface area contributed by atoms with Crippen LogP contribution in [0.1, 0.15) is 33.1 Å². The zero-order valence-electron chi connectivity index (χ0n) is 13.6. The zero-order valence-corrected chi connectivity index (χ0v) is 14.4. The van der Waals surface area contributed by atoms with Crippen molar-refractivity contribution in [3.8, 4) is 0 Å². The molecule has 1 atom stereocenters. The van der Waals surface area contributed by atoms with Crippen molar-refractivity contribution in [2.45, 2.75) is 33.1 Å². The molecule has 1 saturated heterocycles. The highest BCUT2D eigenvalue weighted by molar-refractivity contribution is 5.85. The average Bonchev–Trinajstić information content (AvgIpc) is 2.94. The van der Waals surface area contributed by atoms with Gasteiger partial charge in [-0.05, 0) is 19.3 Å². The van der Waals surface area contributed by atoms with Crippen LogP contribution in [0.5, 0.6) is 0 Å². The number of methoxy groups -OCH3 is 1. The number of rotatable bonds is 9. The van der Waals surface area contributed by atoms with Crippen molar-refractivity contribution in [3.05, 3.63) is 0 Å². The molecule has 21 heavy (non-hydrogen) atoms. The number of likely N-dealkylation sites (tertiary alicyclic amines) is 1. The van der Waals surface area contributed by atoms with Gasteiger partial charge in [0.25, 0.3) is 0 Å². The molecule has 1 aliphatic rings. The first-order chi connectivity index (χ1) is 9.63. The average molecular weight is 323 g/mol. The first kappa shape index (κ1) is 20.6. The lowest BCUT2D eigenvalue weighted by molar-refractivity contribution is -0.141. The Hall–Kier alpha value is -0.360. The fourth-order valence-electron chi connectivity index (χ4n) is 2.81. The smallest absolute Gasteiger partial charge is 0.230 e. The predicted molar refractivity (Wildman–Crippen MR) is 86.7 cm³/mol. The Morgan fingerprint density at radius 3 is 2.52 bits per heavy atom. The van der Waals surface area contributed by atoms with Gasteiger partial charge in [-0.25, -0.2) is 0 Å². The number of carbonyl (C=O) groups is 1. The number of halogens is 1. The van der Waals surface area contributed by atoms with Crippen molar-refractivity contribution in [2.24, 2.45) is 17.1 Å². The third-order valence-electron chi connectivity index (χ3n) is 4.56. The third-order valence-corrected chi connectivity index (χ3v) is 4.56. The number of amides is 1. The normalized spacial score (nSPS) is 18.7. The van der Waals surface area contributed by atoms with Crippen molar-refractivity contribution >= 4 is 18.3 Å². The molecule has 0 aromatic carbocycles. The van der Waals surface area contributed by atoms with E-state index in [2.05, 4.69) is 13.8 Å². The Morgan fingerprint density at radius 1 is 1.33 bits per heavy atom. The van der Waals surface area contributed by atoms with Gasteiger partial charge in [-0.3, -0.25) is 4.79 Å². The SMILES string of the molecule is CCC(CC)(CN)C(=O)N1CCC(COCCOC)C1.Cl. The third kappa shape index (κ3) is 5.40. The maximum atomic E-state index is 12.7. The molecule has 1 fully saturated rings. The minimum absolute atomic E-state index is 0. The number of nitrogens with two attached hydrogens (primary N) is 1. The Balaban J connectivity index is 0.00000400. The predicted octanol–water partition coefficient (Wildman–Crippen LogP) is 1.68. The summed E-state index contributed by atoms with van der Waals surface area (Å²) >= 11 is 0. The summed E-state index contributed by atoms with van der Waals surface area (Å²) < 4.78 is 10.5. The summed E-state index contributed by atoms with van der Waals surface area (Å²) in [5.41, 5.74) is 5.49. The summed E-state index contributed by atoms with van der Waals surface area (Å²) in [5.74, 6) is 0.671. The van der Waals surface area contributed by atoms with Gasteiger partial charge < -0.3 is 20.1 Å². The molecule has 0 aromatic rings. The van der Waals surface area contributed by atoms with E-state index in [-0.39, 0.29) is 23.7 Å². The first-order valence-corrected chi connectivity index (χ1v) is 7.69. The van der Waals surface area contributed by atoms with E-state index in [0.29, 0.717) is 32.3 Å². The van der Waals surface area contributed by atoms with E-state index in [0.717, 1.165) is 32.4 Å². The lowest BCUT2D eigenvalue weighted by Gasteiger charge is -2.33. The zero-order chi connectivity index (χ0) is 15.0. The lowest BCUT2D eigenvalue weighted by atomic mass is 9.81. The van der Waals surface area contributed by atoms with Crippen LogP contribution in [0.15, 0.2) is 0 Å². The molecule has 1 unspecified atom stereocenters. The van der Waals surface area contributed by atoms with Gasteiger partial charge in [0.05, 0.1) is 25.2 Å². The maximum absolute atomic E-state index is 12.7. The van der Waals surface area contributed by atoms with Crippen LogP contribution in [0.25, 0.3) is 0 Å². The molecule has 1 heterocycles. The molecule has 2 N–H and O–H groups in total. The van der Waals surface area contributed by atoms with Crippen LogP contribution in [-0.2, 0) is 14.3 Å². The molecule has 0 radical (unpaired) electrons. The molecule has 1 rings (SSSR count). The molecule has 5 nitrogen and oxygen atoms in total. The number of carbonyl (C=O) groups excluding carboxylic acids is 1. The quantitative estimate of drug-likeness (QED) is 0.656. The van der Waals surface area contributed by atoms with Gasteiger partial charge in [0.15, 0.2) is 0 Å². The highest BCUT2D eigenvalue weighted by atomic mass is 35.5. The Kier molecular flexibility index (Phi) is 10.2. The second-order valence-electron chi connectivity index (χ2n) is 5.67. The maximum Gasteiger partial charge on any atom is 0.230 e. The molecule has 0 saturated carbocycles. The van der Waals surface area contributed by atoms with Gasteiger partial charge in [-0.2, -0.15) is 0 Å². The van der Waals surface area contributed by atoms with Crippen LogP contribution in [0.3, 0.4) is 0 Å². The van der Waals surface area contributed by atoms with Crippen molar-refractivity contribution in [1.29, 1.82) is 0 Å². The summed E-state index contributed by atoms with van der Waals surface area (Å²) in [5, 5.41) is 0. The molecular formula is C15H31ClN2O3. The van der Waals surface area contributed by atoms with E-state index in [1.165, 1.54) is 0 Å². The van der Waals surface area contributed by atoms with Crippen molar-refractivity contribution < 1.29 is 14.3 Å². The van der Waals surface area contributed by atoms with Crippen molar-refractivity contribution in [1.82, 2.24) is 4.90 Å². The molecule has 1 aliphatic heterocycles. The largest absolute Gasteiger partial charge is 0.382 e. The van der Waals surface area contributed by atoms with E-state index >= 15 is 0 Å². The minimum Gasteiger partial charge on any atom is -0.382 e. The van der Waals surface area contributed by atoms with Gasteiger partial charge in [-0.1, -0.05) is 13.8 Å². The molecule has 126 valence electrons. The number of hydrogen-bond acceptors (Lipinski definition) is 4. The van der Waals surface area contributed by atoms with E-state index in [1.54, 1.807) is 7.11 Å². The molecular weight excluding hydrogens is 292 g/mol. The standard InChI is InChI=1S/C15H30N2O3.ClH/c1-4-15(5-2,12-16)14(18)17-7-6-13(10-17)11-20-9-8-19-3;/h13H,4-12,16H2,1-3H3;1H. The second-order valence-corrected chi connectivity index (χ2v) is 5.67. The van der Waals surface area contributed by atoms with Crippen LogP contribution >= 0.6 is 12.4 Å². The van der Waals surface area contributed by atoms with Crippen molar-refractivity contribution in [2.75, 3.05) is 46.6 Å². The molecule has 0 spiro atoms. The Morgan fingerprint density at radius 2 is 2.00 bits per heavy atom. The molecule has 0 aliphatic carbocycles. The second kappa shape index (κ2) is 10.4. The van der Waals surface area contributed by atoms with Crippen LogP contribution in [0.2, 0.25) is 0 Å². The molecule has 0 bridgehead atoms. The summed E-state index contributed by atoms with van der Waals surface area (Å²) in [7, 11) is 1.67. The fraction of sp³-hybridized carbons (Fsp3) is 0.933. The van der Waals surface area contributed by atoms with Gasteiger partial charge in [-0.15, -0.1) is 12.4 Å². The highest BCUT2D eigenvalue weighted by Crippen LogP contribution is 2.30.